The Kier molecular flexibility index (Phi) is 4.76. The molecule has 0 fully saturated rings. The van der Waals surface area contributed by atoms with Crippen LogP contribution in [0.4, 0.5) is 17.3 Å². The van der Waals surface area contributed by atoms with Crippen molar-refractivity contribution in [3.8, 4) is 0 Å². The average Bonchev–Trinajstić information content (AvgIpc) is 3.24. The fourth-order valence-corrected chi connectivity index (χ4v) is 3.61. The van der Waals surface area contributed by atoms with E-state index in [-0.39, 0.29) is 5.56 Å². The Morgan fingerprint density at radius 3 is 2.45 bits per heavy atom. The highest BCUT2D eigenvalue weighted by molar-refractivity contribution is 5.95. The molecule has 0 aliphatic carbocycles. The summed E-state index contributed by atoms with van der Waals surface area (Å²) in [5, 5.41) is 13.7. The molecule has 0 amide bonds. The standard InChI is InChI=1S/C24H20N6O/c1-17-14-22(27-26-17)30(19-9-3-2-4-10-19)23-20-11-5-6-12-21(20)24(31)29(28-23)16-18-8-7-13-25-15-18/h2-15H,16H2,1H3,(H,26,27). The number of hydrogen-bond donors (Lipinski definition) is 1. The second kappa shape index (κ2) is 7.87. The lowest BCUT2D eigenvalue weighted by molar-refractivity contribution is 0.646. The molecule has 5 aromatic rings. The van der Waals surface area contributed by atoms with E-state index in [1.807, 2.05) is 84.6 Å². The van der Waals surface area contributed by atoms with Gasteiger partial charge in [-0.1, -0.05) is 42.5 Å². The number of rotatable bonds is 5. The number of anilines is 3. The van der Waals surface area contributed by atoms with E-state index in [0.29, 0.717) is 23.6 Å². The molecule has 3 heterocycles. The van der Waals surface area contributed by atoms with Gasteiger partial charge in [-0.2, -0.15) is 10.2 Å². The van der Waals surface area contributed by atoms with E-state index in [4.69, 9.17) is 5.10 Å². The summed E-state index contributed by atoms with van der Waals surface area (Å²) in [5.74, 6) is 1.34. The van der Waals surface area contributed by atoms with Crippen LogP contribution in [0.5, 0.6) is 0 Å². The number of para-hydroxylation sites is 1. The molecule has 5 rings (SSSR count). The summed E-state index contributed by atoms with van der Waals surface area (Å²) in [7, 11) is 0. The van der Waals surface area contributed by atoms with Crippen molar-refractivity contribution in [1.82, 2.24) is 25.0 Å². The SMILES string of the molecule is Cc1cc(N(c2ccccc2)c2nn(Cc3cccnc3)c(=O)c3ccccc23)n[nH]1. The topological polar surface area (TPSA) is 79.7 Å². The third-order valence-electron chi connectivity index (χ3n) is 5.05. The Balaban J connectivity index is 1.77. The number of aryl methyl sites for hydroxylation is 1. The van der Waals surface area contributed by atoms with Crippen molar-refractivity contribution in [1.29, 1.82) is 0 Å². The molecule has 0 atom stereocenters. The van der Waals surface area contributed by atoms with E-state index in [0.717, 1.165) is 22.3 Å². The quantitative estimate of drug-likeness (QED) is 0.468. The van der Waals surface area contributed by atoms with E-state index in [9.17, 15) is 4.79 Å². The molecule has 2 aromatic carbocycles. The molecule has 31 heavy (non-hydrogen) atoms. The molecule has 0 spiro atoms. The van der Waals surface area contributed by atoms with Gasteiger partial charge in [0.15, 0.2) is 11.6 Å². The Morgan fingerprint density at radius 1 is 0.968 bits per heavy atom. The monoisotopic (exact) mass is 408 g/mol. The van der Waals surface area contributed by atoms with E-state index >= 15 is 0 Å². The Labute approximate surface area is 178 Å². The summed E-state index contributed by atoms with van der Waals surface area (Å²) in [6, 6.07) is 23.2. The molecule has 0 aliphatic heterocycles. The number of pyridine rings is 1. The zero-order chi connectivity index (χ0) is 21.2. The van der Waals surface area contributed by atoms with Crippen molar-refractivity contribution < 1.29 is 0 Å². The summed E-state index contributed by atoms with van der Waals surface area (Å²) in [4.78, 5) is 19.3. The molecular weight excluding hydrogens is 388 g/mol. The first-order valence-electron chi connectivity index (χ1n) is 9.96. The fraction of sp³-hybridized carbons (Fsp3) is 0.0833. The van der Waals surface area contributed by atoms with Crippen LogP contribution in [0.2, 0.25) is 0 Å². The molecule has 3 aromatic heterocycles. The zero-order valence-electron chi connectivity index (χ0n) is 16.9. The van der Waals surface area contributed by atoms with Crippen molar-refractivity contribution in [3.63, 3.8) is 0 Å². The molecule has 0 bridgehead atoms. The predicted octanol–water partition coefficient (Wildman–Crippen LogP) is 4.34. The van der Waals surface area contributed by atoms with Crippen molar-refractivity contribution >= 4 is 28.1 Å². The molecule has 7 nitrogen and oxygen atoms in total. The molecule has 0 radical (unpaired) electrons. The van der Waals surface area contributed by atoms with Crippen LogP contribution in [-0.2, 0) is 6.54 Å². The lowest BCUT2D eigenvalue weighted by atomic mass is 10.1. The molecule has 0 aliphatic rings. The maximum Gasteiger partial charge on any atom is 0.275 e. The largest absolute Gasteiger partial charge is 0.281 e. The Morgan fingerprint density at radius 2 is 1.74 bits per heavy atom. The van der Waals surface area contributed by atoms with Gasteiger partial charge in [-0.15, -0.1) is 0 Å². The highest BCUT2D eigenvalue weighted by Crippen LogP contribution is 2.35. The zero-order valence-corrected chi connectivity index (χ0v) is 16.9. The minimum absolute atomic E-state index is 0.144. The summed E-state index contributed by atoms with van der Waals surface area (Å²) < 4.78 is 1.49. The van der Waals surface area contributed by atoms with Crippen LogP contribution in [0.3, 0.4) is 0 Å². The van der Waals surface area contributed by atoms with Crippen LogP contribution in [0.1, 0.15) is 11.3 Å². The summed E-state index contributed by atoms with van der Waals surface area (Å²) in [6.07, 6.45) is 3.46. The van der Waals surface area contributed by atoms with E-state index in [2.05, 4.69) is 15.2 Å². The number of fused-ring (bicyclic) bond motifs is 1. The van der Waals surface area contributed by atoms with Gasteiger partial charge in [0.25, 0.3) is 5.56 Å². The first-order chi connectivity index (χ1) is 15.2. The van der Waals surface area contributed by atoms with Crippen LogP contribution < -0.4 is 10.5 Å². The number of H-pyrrole nitrogens is 1. The van der Waals surface area contributed by atoms with Crippen molar-refractivity contribution in [2.24, 2.45) is 0 Å². The number of nitrogens with zero attached hydrogens (tertiary/aromatic N) is 5. The molecule has 0 unspecified atom stereocenters. The van der Waals surface area contributed by atoms with Crippen molar-refractivity contribution in [2.75, 3.05) is 4.90 Å². The first kappa shape index (κ1) is 18.7. The van der Waals surface area contributed by atoms with Gasteiger partial charge in [-0.05, 0) is 36.8 Å². The lowest BCUT2D eigenvalue weighted by Crippen LogP contribution is -2.27. The number of nitrogens with one attached hydrogen (secondary N) is 1. The summed E-state index contributed by atoms with van der Waals surface area (Å²) in [6.45, 7) is 2.28. The molecule has 1 N–H and O–H groups in total. The maximum absolute atomic E-state index is 13.2. The second-order valence-corrected chi connectivity index (χ2v) is 7.27. The first-order valence-corrected chi connectivity index (χ1v) is 9.96. The van der Waals surface area contributed by atoms with Gasteiger partial charge >= 0.3 is 0 Å². The van der Waals surface area contributed by atoms with Crippen LogP contribution in [-0.4, -0.2) is 25.0 Å². The lowest BCUT2D eigenvalue weighted by Gasteiger charge is -2.23. The minimum Gasteiger partial charge on any atom is -0.281 e. The molecule has 152 valence electrons. The Bertz CT molecular complexity index is 1390. The highest BCUT2D eigenvalue weighted by atomic mass is 16.1. The van der Waals surface area contributed by atoms with Gasteiger partial charge in [-0.3, -0.25) is 19.8 Å². The van der Waals surface area contributed by atoms with E-state index < -0.39 is 0 Å². The number of aromatic nitrogens is 5. The summed E-state index contributed by atoms with van der Waals surface area (Å²) in [5.41, 5.74) is 2.59. The van der Waals surface area contributed by atoms with Gasteiger partial charge in [0, 0.05) is 35.2 Å². The number of hydrogen-bond acceptors (Lipinski definition) is 5. The molecule has 7 heteroatoms. The Hall–Kier alpha value is -4.26. The fourth-order valence-electron chi connectivity index (χ4n) is 3.61. The van der Waals surface area contributed by atoms with Gasteiger partial charge in [0.1, 0.15) is 0 Å². The van der Waals surface area contributed by atoms with Crippen LogP contribution in [0, 0.1) is 6.92 Å². The highest BCUT2D eigenvalue weighted by Gasteiger charge is 2.21. The van der Waals surface area contributed by atoms with Crippen LogP contribution >= 0.6 is 0 Å². The maximum atomic E-state index is 13.2. The normalized spacial score (nSPS) is 11.0. The van der Waals surface area contributed by atoms with Crippen LogP contribution in [0.15, 0.2) is 90.0 Å². The van der Waals surface area contributed by atoms with Gasteiger partial charge < -0.3 is 0 Å². The van der Waals surface area contributed by atoms with E-state index in [1.54, 1.807) is 12.4 Å². The summed E-state index contributed by atoms with van der Waals surface area (Å²) >= 11 is 0. The van der Waals surface area contributed by atoms with Gasteiger partial charge in [0.2, 0.25) is 0 Å². The van der Waals surface area contributed by atoms with Crippen molar-refractivity contribution in [2.45, 2.75) is 13.5 Å². The molecule has 0 saturated heterocycles. The van der Waals surface area contributed by atoms with Crippen molar-refractivity contribution in [3.05, 3.63) is 107 Å². The average molecular weight is 408 g/mol. The van der Waals surface area contributed by atoms with Gasteiger partial charge in [-0.25, -0.2) is 4.68 Å². The minimum atomic E-state index is -0.144. The number of benzene rings is 2. The third-order valence-corrected chi connectivity index (χ3v) is 5.05. The van der Waals surface area contributed by atoms with Crippen LogP contribution in [0.25, 0.3) is 10.8 Å². The second-order valence-electron chi connectivity index (χ2n) is 7.27. The smallest absolute Gasteiger partial charge is 0.275 e. The molecular formula is C24H20N6O. The number of aromatic amines is 1. The predicted molar refractivity (Wildman–Crippen MR) is 121 cm³/mol. The van der Waals surface area contributed by atoms with Gasteiger partial charge in [0.05, 0.1) is 11.9 Å². The molecule has 0 saturated carbocycles. The third kappa shape index (κ3) is 3.57. The van der Waals surface area contributed by atoms with E-state index in [1.165, 1.54) is 4.68 Å².